The molecule has 0 aromatic carbocycles. The lowest BCUT2D eigenvalue weighted by Crippen LogP contribution is -2.47. The van der Waals surface area contributed by atoms with Gasteiger partial charge in [-0.25, -0.2) is 4.68 Å². The maximum atomic E-state index is 5.95. The molecule has 0 N–H and O–H groups in total. The Morgan fingerprint density at radius 2 is 1.96 bits per heavy atom. The van der Waals surface area contributed by atoms with Gasteiger partial charge in [0.15, 0.2) is 5.82 Å². The summed E-state index contributed by atoms with van der Waals surface area (Å²) in [6, 6.07) is 0.807. The van der Waals surface area contributed by atoms with Gasteiger partial charge in [0, 0.05) is 19.7 Å². The minimum atomic E-state index is 0.301. The van der Waals surface area contributed by atoms with E-state index in [1.54, 1.807) is 0 Å². The summed E-state index contributed by atoms with van der Waals surface area (Å²) in [6.07, 6.45) is 10.6. The van der Waals surface area contributed by atoms with Gasteiger partial charge in [0.1, 0.15) is 0 Å². The maximum Gasteiger partial charge on any atom is 0.168 e. The largest absolute Gasteiger partial charge is 0.378 e. The molecule has 3 fully saturated rings. The molecule has 0 spiro atoms. The lowest BCUT2D eigenvalue weighted by molar-refractivity contribution is -0.0734. The van der Waals surface area contributed by atoms with Crippen molar-refractivity contribution >= 4 is 0 Å². The summed E-state index contributed by atoms with van der Waals surface area (Å²) >= 11 is 0. The molecule has 0 radical (unpaired) electrons. The minimum absolute atomic E-state index is 0.301. The highest BCUT2D eigenvalue weighted by molar-refractivity contribution is 4.96. The molecule has 2 saturated heterocycles. The van der Waals surface area contributed by atoms with Crippen molar-refractivity contribution in [3.63, 3.8) is 0 Å². The predicted molar refractivity (Wildman–Crippen MR) is 87.0 cm³/mol. The highest BCUT2D eigenvalue weighted by Crippen LogP contribution is 2.34. The summed E-state index contributed by atoms with van der Waals surface area (Å²) in [6.45, 7) is 5.45. The number of likely N-dealkylation sites (tertiary alicyclic amines) is 1. The van der Waals surface area contributed by atoms with Gasteiger partial charge in [0.2, 0.25) is 0 Å². The van der Waals surface area contributed by atoms with Crippen LogP contribution in [-0.2, 0) is 4.74 Å². The first kappa shape index (κ1) is 15.5. The molecule has 1 aliphatic carbocycles. The second-order valence-corrected chi connectivity index (χ2v) is 7.54. The zero-order chi connectivity index (χ0) is 15.6. The van der Waals surface area contributed by atoms with Crippen LogP contribution in [0.5, 0.6) is 0 Å². The lowest BCUT2D eigenvalue weighted by Gasteiger charge is -2.43. The summed E-state index contributed by atoms with van der Waals surface area (Å²) in [5.74, 6) is 1.76. The van der Waals surface area contributed by atoms with Crippen LogP contribution in [-0.4, -0.2) is 50.9 Å². The van der Waals surface area contributed by atoms with Crippen molar-refractivity contribution in [2.45, 2.75) is 76.5 Å². The first-order chi connectivity index (χ1) is 11.3. The number of hydrogen-bond acceptors (Lipinski definition) is 5. The van der Waals surface area contributed by atoms with E-state index in [9.17, 15) is 0 Å². The second kappa shape index (κ2) is 6.85. The number of rotatable bonds is 3. The molecule has 4 rings (SSSR count). The number of nitrogens with zero attached hydrogens (tertiary/aromatic N) is 5. The van der Waals surface area contributed by atoms with Crippen molar-refractivity contribution in [1.29, 1.82) is 0 Å². The number of tetrazole rings is 1. The monoisotopic (exact) mass is 319 g/mol. The number of aromatic nitrogens is 4. The second-order valence-electron chi connectivity index (χ2n) is 7.54. The molecule has 3 heterocycles. The molecule has 1 saturated carbocycles. The zero-order valence-corrected chi connectivity index (χ0v) is 14.2. The molecule has 0 unspecified atom stereocenters. The Balaban J connectivity index is 1.46. The fourth-order valence-electron chi connectivity index (χ4n) is 4.69. The van der Waals surface area contributed by atoms with Gasteiger partial charge in [-0.3, -0.25) is 4.90 Å². The van der Waals surface area contributed by atoms with Gasteiger partial charge in [-0.05, 0) is 55.4 Å². The van der Waals surface area contributed by atoms with Crippen molar-refractivity contribution in [1.82, 2.24) is 25.1 Å². The summed E-state index contributed by atoms with van der Waals surface area (Å²) < 4.78 is 8.08. The third-order valence-corrected chi connectivity index (χ3v) is 6.11. The van der Waals surface area contributed by atoms with Crippen LogP contribution in [0.15, 0.2) is 0 Å². The fraction of sp³-hybridized carbons (Fsp3) is 0.941. The highest BCUT2D eigenvalue weighted by atomic mass is 16.5. The van der Waals surface area contributed by atoms with Crippen LogP contribution >= 0.6 is 0 Å². The fourth-order valence-corrected chi connectivity index (χ4v) is 4.69. The van der Waals surface area contributed by atoms with Crippen molar-refractivity contribution in [2.75, 3.05) is 19.7 Å². The van der Waals surface area contributed by atoms with Crippen LogP contribution in [0.4, 0.5) is 0 Å². The van der Waals surface area contributed by atoms with Crippen molar-refractivity contribution in [2.24, 2.45) is 5.92 Å². The smallest absolute Gasteiger partial charge is 0.168 e. The van der Waals surface area contributed by atoms with Gasteiger partial charge >= 0.3 is 0 Å². The van der Waals surface area contributed by atoms with Gasteiger partial charge < -0.3 is 4.74 Å². The number of hydrogen-bond donors (Lipinski definition) is 0. The topological polar surface area (TPSA) is 56.1 Å². The van der Waals surface area contributed by atoms with E-state index in [0.29, 0.717) is 24.1 Å². The van der Waals surface area contributed by atoms with Crippen molar-refractivity contribution in [3.05, 3.63) is 5.82 Å². The average Bonchev–Trinajstić information content (AvgIpc) is 3.11. The Morgan fingerprint density at radius 3 is 2.83 bits per heavy atom. The van der Waals surface area contributed by atoms with E-state index < -0.39 is 0 Å². The Bertz CT molecular complexity index is 513. The van der Waals surface area contributed by atoms with Gasteiger partial charge in [-0.2, -0.15) is 0 Å². The standard InChI is InChI=1S/C17H29N5O/c1-13(21-10-9-16-14(12-21)6-5-11-23-16)17-18-19-20-22(17)15-7-3-2-4-8-15/h13-16H,2-12H2,1H3/t13-,14+,16+/m1/s1. The highest BCUT2D eigenvalue weighted by Gasteiger charge is 2.35. The number of ether oxygens (including phenoxy) is 1. The first-order valence-electron chi connectivity index (χ1n) is 9.46. The molecule has 2 aliphatic heterocycles. The van der Waals surface area contributed by atoms with Crippen LogP contribution in [0.25, 0.3) is 0 Å². The van der Waals surface area contributed by atoms with E-state index in [2.05, 4.69) is 32.0 Å². The first-order valence-corrected chi connectivity index (χ1v) is 9.46. The molecular weight excluding hydrogens is 290 g/mol. The van der Waals surface area contributed by atoms with Crippen molar-refractivity contribution in [3.8, 4) is 0 Å². The Kier molecular flexibility index (Phi) is 4.62. The SMILES string of the molecule is C[C@H](c1nnnn1C1CCCCC1)N1CC[C@@H]2OCCC[C@H]2C1. The van der Waals surface area contributed by atoms with Crippen LogP contribution in [0.1, 0.15) is 76.2 Å². The molecule has 1 aromatic heterocycles. The molecule has 23 heavy (non-hydrogen) atoms. The van der Waals surface area contributed by atoms with Crippen molar-refractivity contribution < 1.29 is 4.74 Å². The minimum Gasteiger partial charge on any atom is -0.378 e. The van der Waals surface area contributed by atoms with E-state index >= 15 is 0 Å². The average molecular weight is 319 g/mol. The predicted octanol–water partition coefficient (Wildman–Crippen LogP) is 2.74. The van der Waals surface area contributed by atoms with E-state index in [-0.39, 0.29) is 0 Å². The van der Waals surface area contributed by atoms with Crippen LogP contribution in [0, 0.1) is 5.92 Å². The Labute approximate surface area is 138 Å². The Morgan fingerprint density at radius 1 is 1.09 bits per heavy atom. The molecule has 6 nitrogen and oxygen atoms in total. The molecular formula is C17H29N5O. The molecule has 128 valence electrons. The third-order valence-electron chi connectivity index (χ3n) is 6.11. The zero-order valence-electron chi connectivity index (χ0n) is 14.2. The third kappa shape index (κ3) is 3.15. The molecule has 0 bridgehead atoms. The molecule has 6 heteroatoms. The maximum absolute atomic E-state index is 5.95. The van der Waals surface area contributed by atoms with Crippen LogP contribution in [0.3, 0.4) is 0 Å². The Hall–Kier alpha value is -1.01. The summed E-state index contributed by atoms with van der Waals surface area (Å²) in [5.41, 5.74) is 0. The van der Waals surface area contributed by atoms with E-state index in [1.807, 2.05) is 0 Å². The summed E-state index contributed by atoms with van der Waals surface area (Å²) in [4.78, 5) is 2.57. The number of fused-ring (bicyclic) bond motifs is 1. The van der Waals surface area contributed by atoms with Gasteiger partial charge in [0.25, 0.3) is 0 Å². The van der Waals surface area contributed by atoms with Gasteiger partial charge in [-0.1, -0.05) is 19.3 Å². The normalized spacial score (nSPS) is 31.7. The van der Waals surface area contributed by atoms with Gasteiger partial charge in [-0.15, -0.1) is 5.10 Å². The van der Waals surface area contributed by atoms with E-state index in [4.69, 9.17) is 4.74 Å². The number of piperidine rings is 1. The molecule has 1 aromatic rings. The molecule has 0 amide bonds. The summed E-state index contributed by atoms with van der Waals surface area (Å²) in [7, 11) is 0. The van der Waals surface area contributed by atoms with Crippen LogP contribution < -0.4 is 0 Å². The van der Waals surface area contributed by atoms with Gasteiger partial charge in [0.05, 0.1) is 18.2 Å². The molecule has 3 aliphatic rings. The van der Waals surface area contributed by atoms with Crippen LogP contribution in [0.2, 0.25) is 0 Å². The quantitative estimate of drug-likeness (QED) is 0.857. The lowest BCUT2D eigenvalue weighted by atomic mass is 9.88. The van der Waals surface area contributed by atoms with E-state index in [0.717, 1.165) is 31.9 Å². The van der Waals surface area contributed by atoms with E-state index in [1.165, 1.54) is 44.9 Å². The molecule has 3 atom stereocenters. The summed E-state index contributed by atoms with van der Waals surface area (Å²) in [5, 5.41) is 12.7.